The minimum Gasteiger partial charge on any atom is -0.405 e. The maximum absolute atomic E-state index is 5.64. The van der Waals surface area contributed by atoms with Crippen LogP contribution in [0.25, 0.3) is 16.3 Å². The highest BCUT2D eigenvalue weighted by Crippen LogP contribution is 2.30. The molecule has 0 spiro atoms. The summed E-state index contributed by atoms with van der Waals surface area (Å²) in [5.41, 5.74) is 9.15. The fourth-order valence-corrected chi connectivity index (χ4v) is 3.28. The number of anilines is 1. The summed E-state index contributed by atoms with van der Waals surface area (Å²) in [7, 11) is 0. The van der Waals surface area contributed by atoms with E-state index in [0.717, 1.165) is 43.6 Å². The molecule has 1 aromatic carbocycles. The lowest BCUT2D eigenvalue weighted by atomic mass is 9.98. The highest BCUT2D eigenvalue weighted by Gasteiger charge is 2.15. The van der Waals surface area contributed by atoms with Crippen molar-refractivity contribution < 1.29 is 0 Å². The first-order valence-corrected chi connectivity index (χ1v) is 8.75. The van der Waals surface area contributed by atoms with Crippen molar-refractivity contribution in [2.75, 3.05) is 18.4 Å². The Labute approximate surface area is 143 Å². The predicted molar refractivity (Wildman–Crippen MR) is 103 cm³/mol. The molecule has 2 heterocycles. The van der Waals surface area contributed by atoms with E-state index in [1.165, 1.54) is 16.3 Å². The molecule has 0 bridgehead atoms. The molecule has 2 aromatic rings. The van der Waals surface area contributed by atoms with E-state index in [-0.39, 0.29) is 0 Å². The molecule has 0 atom stereocenters. The van der Waals surface area contributed by atoms with Crippen molar-refractivity contribution in [2.45, 2.75) is 32.2 Å². The second kappa shape index (κ2) is 7.97. The van der Waals surface area contributed by atoms with Gasteiger partial charge in [-0.25, -0.2) is 0 Å². The number of nitrogens with zero attached hydrogens (tertiary/aromatic N) is 1. The Morgan fingerprint density at radius 1 is 1.38 bits per heavy atom. The summed E-state index contributed by atoms with van der Waals surface area (Å²) < 4.78 is 0. The van der Waals surface area contributed by atoms with Gasteiger partial charge in [0, 0.05) is 29.5 Å². The van der Waals surface area contributed by atoms with Crippen LogP contribution in [0.15, 0.2) is 48.9 Å². The van der Waals surface area contributed by atoms with Gasteiger partial charge in [-0.1, -0.05) is 13.0 Å². The highest BCUT2D eigenvalue weighted by atomic mass is 15.0. The van der Waals surface area contributed by atoms with Gasteiger partial charge in [0.1, 0.15) is 0 Å². The zero-order valence-corrected chi connectivity index (χ0v) is 14.3. The molecule has 1 fully saturated rings. The molecule has 0 unspecified atom stereocenters. The molecule has 0 aliphatic carbocycles. The van der Waals surface area contributed by atoms with Crippen LogP contribution in [0, 0.1) is 0 Å². The van der Waals surface area contributed by atoms with Crippen LogP contribution in [0.1, 0.15) is 31.7 Å². The van der Waals surface area contributed by atoms with Crippen LogP contribution in [0.2, 0.25) is 0 Å². The monoisotopic (exact) mass is 322 g/mol. The Hall–Kier alpha value is -2.33. The van der Waals surface area contributed by atoms with E-state index in [2.05, 4.69) is 46.8 Å². The van der Waals surface area contributed by atoms with Crippen LogP contribution in [0.4, 0.5) is 5.69 Å². The number of hydrogen-bond donors (Lipinski definition) is 3. The molecule has 3 rings (SSSR count). The van der Waals surface area contributed by atoms with Gasteiger partial charge in [0.05, 0.1) is 0 Å². The summed E-state index contributed by atoms with van der Waals surface area (Å²) >= 11 is 0. The van der Waals surface area contributed by atoms with Crippen molar-refractivity contribution in [3.63, 3.8) is 0 Å². The third-order valence-corrected chi connectivity index (χ3v) is 4.49. The number of pyridine rings is 1. The number of piperidine rings is 1. The van der Waals surface area contributed by atoms with Gasteiger partial charge in [0.15, 0.2) is 0 Å². The molecule has 0 amide bonds. The summed E-state index contributed by atoms with van der Waals surface area (Å²) in [5.74, 6) is 0. The third kappa shape index (κ3) is 3.77. The zero-order valence-electron chi connectivity index (χ0n) is 14.3. The summed E-state index contributed by atoms with van der Waals surface area (Å²) in [6, 6.07) is 7.02. The number of rotatable bonds is 5. The number of hydrogen-bond acceptors (Lipinski definition) is 4. The molecule has 4 nitrogen and oxygen atoms in total. The number of benzene rings is 1. The lowest BCUT2D eigenvalue weighted by molar-refractivity contribution is 0.479. The number of nitrogens with one attached hydrogen (secondary N) is 2. The fourth-order valence-electron chi connectivity index (χ4n) is 3.28. The first-order chi connectivity index (χ1) is 11.8. The first-order valence-electron chi connectivity index (χ1n) is 8.75. The zero-order chi connectivity index (χ0) is 16.8. The van der Waals surface area contributed by atoms with Crippen LogP contribution >= 0.6 is 0 Å². The second-order valence-electron chi connectivity index (χ2n) is 6.22. The van der Waals surface area contributed by atoms with Gasteiger partial charge in [-0.2, -0.15) is 0 Å². The van der Waals surface area contributed by atoms with E-state index in [1.54, 1.807) is 6.20 Å². The normalized spacial score (nSPS) is 16.8. The molecule has 4 heteroatoms. The van der Waals surface area contributed by atoms with Crippen molar-refractivity contribution >= 4 is 22.0 Å². The van der Waals surface area contributed by atoms with Gasteiger partial charge < -0.3 is 16.4 Å². The van der Waals surface area contributed by atoms with E-state index >= 15 is 0 Å². The highest BCUT2D eigenvalue weighted by molar-refractivity contribution is 5.97. The van der Waals surface area contributed by atoms with Gasteiger partial charge in [0.25, 0.3) is 0 Å². The van der Waals surface area contributed by atoms with Crippen LogP contribution in [0.3, 0.4) is 0 Å². The maximum Gasteiger partial charge on any atom is 0.0443 e. The molecule has 1 aliphatic rings. The summed E-state index contributed by atoms with van der Waals surface area (Å²) in [4.78, 5) is 4.31. The Morgan fingerprint density at radius 2 is 2.21 bits per heavy atom. The van der Waals surface area contributed by atoms with E-state index in [9.17, 15) is 0 Å². The van der Waals surface area contributed by atoms with Crippen molar-refractivity contribution in [2.24, 2.45) is 5.73 Å². The predicted octanol–water partition coefficient (Wildman–Crippen LogP) is 3.66. The number of nitrogens with two attached hydrogens (primary N) is 1. The Morgan fingerprint density at radius 3 is 2.96 bits per heavy atom. The van der Waals surface area contributed by atoms with Crippen molar-refractivity contribution in [1.82, 2.24) is 10.3 Å². The smallest absolute Gasteiger partial charge is 0.0443 e. The molecule has 1 aliphatic heterocycles. The van der Waals surface area contributed by atoms with Gasteiger partial charge in [-0.05, 0) is 79.3 Å². The van der Waals surface area contributed by atoms with Gasteiger partial charge in [0.2, 0.25) is 0 Å². The largest absolute Gasteiger partial charge is 0.405 e. The van der Waals surface area contributed by atoms with E-state index in [4.69, 9.17) is 5.73 Å². The lowest BCUT2D eigenvalue weighted by Gasteiger charge is -2.25. The van der Waals surface area contributed by atoms with Crippen molar-refractivity contribution in [1.29, 1.82) is 0 Å². The minimum absolute atomic E-state index is 0.508. The molecule has 4 N–H and O–H groups in total. The summed E-state index contributed by atoms with van der Waals surface area (Å²) in [5, 5.41) is 9.53. The van der Waals surface area contributed by atoms with Crippen LogP contribution in [0.5, 0.6) is 0 Å². The second-order valence-corrected chi connectivity index (χ2v) is 6.22. The van der Waals surface area contributed by atoms with Gasteiger partial charge >= 0.3 is 0 Å². The molecule has 0 saturated carbocycles. The van der Waals surface area contributed by atoms with E-state index in [0.29, 0.717) is 6.04 Å². The van der Waals surface area contributed by atoms with Gasteiger partial charge in [-0.3, -0.25) is 4.98 Å². The third-order valence-electron chi connectivity index (χ3n) is 4.49. The molecule has 0 radical (unpaired) electrons. The SMILES string of the molecule is CC/C=C(\C=C/N)c1cc(NC2CCNCC2)c2cnccc2c1. The maximum atomic E-state index is 5.64. The van der Waals surface area contributed by atoms with Crippen molar-refractivity contribution in [3.8, 4) is 0 Å². The number of allylic oxidation sites excluding steroid dienone is 3. The molecule has 1 aromatic heterocycles. The summed E-state index contributed by atoms with van der Waals surface area (Å²) in [6.45, 7) is 4.29. The molecule has 1 saturated heterocycles. The van der Waals surface area contributed by atoms with Crippen LogP contribution in [-0.2, 0) is 0 Å². The minimum atomic E-state index is 0.508. The average Bonchev–Trinajstić information content (AvgIpc) is 2.62. The quantitative estimate of drug-likeness (QED) is 0.735. The van der Waals surface area contributed by atoms with E-state index in [1.807, 2.05) is 18.5 Å². The van der Waals surface area contributed by atoms with Crippen molar-refractivity contribution in [3.05, 3.63) is 54.5 Å². The Kier molecular flexibility index (Phi) is 5.49. The average molecular weight is 322 g/mol. The van der Waals surface area contributed by atoms with Gasteiger partial charge in [-0.15, -0.1) is 0 Å². The first kappa shape index (κ1) is 16.5. The van der Waals surface area contributed by atoms with E-state index < -0.39 is 0 Å². The number of fused-ring (bicyclic) bond motifs is 1. The Balaban J connectivity index is 2.03. The molecular formula is C20H26N4. The Bertz CT molecular complexity index is 742. The summed E-state index contributed by atoms with van der Waals surface area (Å²) in [6.07, 6.45) is 12.9. The standard InChI is InChI=1S/C20H26N4/c1-2-3-15(4-8-21)17-12-16-5-9-23-14-19(16)20(13-17)24-18-6-10-22-11-7-18/h3-5,8-9,12-14,18,22,24H,2,6-7,10-11,21H2,1H3/b8-4-,15-3+. The van der Waals surface area contributed by atoms with Crippen LogP contribution in [-0.4, -0.2) is 24.1 Å². The lowest BCUT2D eigenvalue weighted by Crippen LogP contribution is -2.35. The molecule has 126 valence electrons. The topological polar surface area (TPSA) is 63.0 Å². The fraction of sp³-hybridized carbons (Fsp3) is 0.350. The number of aromatic nitrogens is 1. The molecule has 24 heavy (non-hydrogen) atoms. The molecular weight excluding hydrogens is 296 g/mol. The van der Waals surface area contributed by atoms with Crippen LogP contribution < -0.4 is 16.4 Å².